The molecule has 0 aromatic heterocycles. The first-order valence-corrected chi connectivity index (χ1v) is 8.38. The van der Waals surface area contributed by atoms with Gasteiger partial charge in [-0.15, -0.1) is 0 Å². The lowest BCUT2D eigenvalue weighted by molar-refractivity contribution is -0.121. The quantitative estimate of drug-likeness (QED) is 0.250. The number of anilines is 2. The second-order valence-electron chi connectivity index (χ2n) is 5.97. The lowest BCUT2D eigenvalue weighted by Gasteiger charge is -2.17. The number of amides is 2. The van der Waals surface area contributed by atoms with E-state index in [4.69, 9.17) is 4.74 Å². The lowest BCUT2D eigenvalue weighted by Crippen LogP contribution is -2.42. The van der Waals surface area contributed by atoms with Gasteiger partial charge in [0.1, 0.15) is 17.5 Å². The van der Waals surface area contributed by atoms with Gasteiger partial charge in [-0.3, -0.25) is 9.59 Å². The second-order valence-corrected chi connectivity index (χ2v) is 5.97. The highest BCUT2D eigenvalue weighted by Gasteiger charge is 2.40. The first-order valence-electron chi connectivity index (χ1n) is 8.38. The van der Waals surface area contributed by atoms with Crippen molar-refractivity contribution in [2.45, 2.75) is 19.4 Å². The second kappa shape index (κ2) is 8.03. The number of imide groups is 1. The number of hydrogen-bond donors (Lipinski definition) is 2. The summed E-state index contributed by atoms with van der Waals surface area (Å²) in [5.41, 5.74) is 2.84. The average Bonchev–Trinajstić information content (AvgIpc) is 2.99. The van der Waals surface area contributed by atoms with Crippen molar-refractivity contribution in [3.8, 4) is 5.75 Å². The third-order valence-electron chi connectivity index (χ3n) is 4.13. The van der Waals surface area contributed by atoms with Crippen LogP contribution in [-0.4, -0.2) is 24.5 Å². The number of hydrazine groups is 1. The monoisotopic (exact) mass is 415 g/mol. The smallest absolute Gasteiger partial charge is 0.253 e. The van der Waals surface area contributed by atoms with Gasteiger partial charge in [0.2, 0.25) is 11.7 Å². The van der Waals surface area contributed by atoms with E-state index in [1.807, 2.05) is 5.43 Å². The Morgan fingerprint density at radius 2 is 1.52 bits per heavy atom. The Bertz CT molecular complexity index is 939. The van der Waals surface area contributed by atoms with Crippen molar-refractivity contribution < 1.29 is 36.3 Å². The van der Waals surface area contributed by atoms with Gasteiger partial charge in [0.15, 0.2) is 23.3 Å². The Hall–Kier alpha value is -3.21. The van der Waals surface area contributed by atoms with E-state index in [2.05, 4.69) is 5.43 Å². The molecular formula is C18H14F5N3O3. The minimum absolute atomic E-state index is 0.240. The van der Waals surface area contributed by atoms with Gasteiger partial charge in [-0.1, -0.05) is 0 Å². The number of carbonyl (C=O) groups excluding carboxylic acids is 2. The fourth-order valence-corrected chi connectivity index (χ4v) is 2.75. The fourth-order valence-electron chi connectivity index (χ4n) is 2.75. The van der Waals surface area contributed by atoms with Gasteiger partial charge in [-0.05, 0) is 31.2 Å². The molecule has 11 heteroatoms. The Morgan fingerprint density at radius 3 is 2.07 bits per heavy atom. The minimum atomic E-state index is -2.31. The summed E-state index contributed by atoms with van der Waals surface area (Å²) < 4.78 is 72.2. The van der Waals surface area contributed by atoms with Crippen LogP contribution in [0.2, 0.25) is 0 Å². The van der Waals surface area contributed by atoms with Crippen LogP contribution in [0.25, 0.3) is 0 Å². The SMILES string of the molecule is CCOc1ccc(N2C(=O)CC(NNc3c(F)c(F)c(F)c(F)c3F)C2=O)cc1. The Kier molecular flexibility index (Phi) is 5.69. The third-order valence-corrected chi connectivity index (χ3v) is 4.13. The summed E-state index contributed by atoms with van der Waals surface area (Å²) in [7, 11) is 0. The van der Waals surface area contributed by atoms with Gasteiger partial charge in [0.25, 0.3) is 5.91 Å². The minimum Gasteiger partial charge on any atom is -0.494 e. The molecule has 2 N–H and O–H groups in total. The zero-order chi connectivity index (χ0) is 21.3. The normalized spacial score (nSPS) is 16.5. The topological polar surface area (TPSA) is 70.7 Å². The molecule has 154 valence electrons. The van der Waals surface area contributed by atoms with Crippen molar-refractivity contribution in [2.24, 2.45) is 0 Å². The molecule has 29 heavy (non-hydrogen) atoms. The van der Waals surface area contributed by atoms with E-state index < -0.39 is 59.1 Å². The van der Waals surface area contributed by atoms with E-state index in [0.29, 0.717) is 12.4 Å². The van der Waals surface area contributed by atoms with Crippen LogP contribution < -0.4 is 20.5 Å². The Balaban J connectivity index is 1.76. The largest absolute Gasteiger partial charge is 0.494 e. The van der Waals surface area contributed by atoms with E-state index in [1.165, 1.54) is 12.1 Å². The molecule has 0 spiro atoms. The van der Waals surface area contributed by atoms with Crippen molar-refractivity contribution in [3.63, 3.8) is 0 Å². The first kappa shape index (κ1) is 20.5. The molecule has 1 aliphatic heterocycles. The molecule has 1 heterocycles. The van der Waals surface area contributed by atoms with Gasteiger partial charge in [-0.25, -0.2) is 32.3 Å². The van der Waals surface area contributed by atoms with Crippen molar-refractivity contribution in [1.29, 1.82) is 0 Å². The highest BCUT2D eigenvalue weighted by atomic mass is 19.2. The molecule has 1 aliphatic rings. The zero-order valence-corrected chi connectivity index (χ0v) is 14.9. The van der Waals surface area contributed by atoms with E-state index in [-0.39, 0.29) is 5.69 Å². The van der Waals surface area contributed by atoms with Gasteiger partial charge in [0, 0.05) is 0 Å². The molecule has 2 aromatic carbocycles. The molecule has 2 aromatic rings. The maximum atomic E-state index is 13.7. The van der Waals surface area contributed by atoms with E-state index >= 15 is 0 Å². The van der Waals surface area contributed by atoms with Crippen molar-refractivity contribution >= 4 is 23.2 Å². The van der Waals surface area contributed by atoms with Crippen LogP contribution in [0.1, 0.15) is 13.3 Å². The first-order chi connectivity index (χ1) is 13.8. The summed E-state index contributed by atoms with van der Waals surface area (Å²) in [5.74, 6) is -11.7. The van der Waals surface area contributed by atoms with Crippen LogP contribution in [0.5, 0.6) is 5.75 Å². The maximum Gasteiger partial charge on any atom is 0.253 e. The molecule has 2 amide bonds. The molecule has 0 aliphatic carbocycles. The molecule has 0 bridgehead atoms. The molecule has 1 unspecified atom stereocenters. The van der Waals surface area contributed by atoms with E-state index in [0.717, 1.165) is 4.90 Å². The number of halogens is 5. The molecule has 0 saturated carbocycles. The van der Waals surface area contributed by atoms with E-state index in [9.17, 15) is 31.5 Å². The van der Waals surface area contributed by atoms with Crippen LogP contribution in [-0.2, 0) is 9.59 Å². The number of nitrogens with one attached hydrogen (secondary N) is 2. The number of nitrogens with zero attached hydrogens (tertiary/aromatic N) is 1. The average molecular weight is 415 g/mol. The van der Waals surface area contributed by atoms with Crippen LogP contribution in [0.15, 0.2) is 24.3 Å². The lowest BCUT2D eigenvalue weighted by atomic mass is 10.2. The summed E-state index contributed by atoms with van der Waals surface area (Å²) >= 11 is 0. The van der Waals surface area contributed by atoms with Crippen LogP contribution in [0.3, 0.4) is 0 Å². The van der Waals surface area contributed by atoms with Gasteiger partial charge >= 0.3 is 0 Å². The molecule has 1 fully saturated rings. The molecular weight excluding hydrogens is 401 g/mol. The number of ether oxygens (including phenoxy) is 1. The maximum absolute atomic E-state index is 13.7. The van der Waals surface area contributed by atoms with Crippen LogP contribution >= 0.6 is 0 Å². The number of rotatable bonds is 6. The summed E-state index contributed by atoms with van der Waals surface area (Å²) in [6.45, 7) is 2.21. The van der Waals surface area contributed by atoms with Crippen molar-refractivity contribution in [2.75, 3.05) is 16.9 Å². The Morgan fingerprint density at radius 1 is 0.966 bits per heavy atom. The molecule has 1 atom stereocenters. The zero-order valence-electron chi connectivity index (χ0n) is 14.9. The van der Waals surface area contributed by atoms with Gasteiger partial charge < -0.3 is 10.2 Å². The number of benzene rings is 2. The molecule has 3 rings (SSSR count). The number of carbonyl (C=O) groups is 2. The highest BCUT2D eigenvalue weighted by molar-refractivity contribution is 6.22. The molecule has 6 nitrogen and oxygen atoms in total. The predicted molar refractivity (Wildman–Crippen MR) is 91.5 cm³/mol. The van der Waals surface area contributed by atoms with Gasteiger partial charge in [0.05, 0.1) is 18.7 Å². The number of hydrogen-bond acceptors (Lipinski definition) is 5. The van der Waals surface area contributed by atoms with Crippen LogP contribution in [0, 0.1) is 29.1 Å². The summed E-state index contributed by atoms with van der Waals surface area (Å²) in [6, 6.07) is 4.76. The summed E-state index contributed by atoms with van der Waals surface area (Å²) in [5, 5.41) is 0. The van der Waals surface area contributed by atoms with Crippen molar-refractivity contribution in [3.05, 3.63) is 53.4 Å². The third kappa shape index (κ3) is 3.73. The van der Waals surface area contributed by atoms with Crippen molar-refractivity contribution in [1.82, 2.24) is 5.43 Å². The fraction of sp³-hybridized carbons (Fsp3) is 0.222. The Labute approximate surface area is 161 Å². The summed E-state index contributed by atoms with van der Waals surface area (Å²) in [4.78, 5) is 25.5. The standard InChI is InChI=1S/C18H14F5N3O3/c1-2-29-9-5-3-8(4-6-9)26-11(27)7-10(18(26)28)24-25-17-15(22)13(20)12(19)14(21)16(17)23/h3-6,10,24-25H,2,7H2,1H3. The van der Waals surface area contributed by atoms with Crippen LogP contribution in [0.4, 0.5) is 33.3 Å². The molecule has 1 saturated heterocycles. The van der Waals surface area contributed by atoms with E-state index in [1.54, 1.807) is 19.1 Å². The highest BCUT2D eigenvalue weighted by Crippen LogP contribution is 2.28. The predicted octanol–water partition coefficient (Wildman–Crippen LogP) is 3.03. The molecule has 0 radical (unpaired) electrons. The van der Waals surface area contributed by atoms with Gasteiger partial charge in [-0.2, -0.15) is 0 Å². The summed E-state index contributed by atoms with van der Waals surface area (Å²) in [6.07, 6.45) is -0.394.